The number of hydrogen-bond acceptors (Lipinski definition) is 3. The van der Waals surface area contributed by atoms with E-state index < -0.39 is 0 Å². The monoisotopic (exact) mass is 273 g/mol. The Morgan fingerprint density at radius 2 is 2.00 bits per heavy atom. The number of carbonyl (C=O) groups is 1. The summed E-state index contributed by atoms with van der Waals surface area (Å²) in [6, 6.07) is 0. The van der Waals surface area contributed by atoms with Crippen LogP contribution in [0, 0.1) is 0 Å². The number of halogens is 1. The first-order chi connectivity index (χ1) is 8.22. The fourth-order valence-electron chi connectivity index (χ4n) is 2.01. The number of ether oxygens (including phenoxy) is 1. The van der Waals surface area contributed by atoms with E-state index in [-0.39, 0.29) is 24.6 Å². The third-order valence-electron chi connectivity index (χ3n) is 3.08. The van der Waals surface area contributed by atoms with E-state index in [1.54, 1.807) is 0 Å². The van der Waals surface area contributed by atoms with Crippen LogP contribution >= 0.6 is 12.4 Å². The van der Waals surface area contributed by atoms with Gasteiger partial charge in [0.1, 0.15) is 0 Å². The minimum Gasteiger partial charge on any atom is -0.443 e. The molecule has 3 nitrogen and oxygen atoms in total. The average molecular weight is 274 g/mol. The van der Waals surface area contributed by atoms with Crippen molar-refractivity contribution in [3.05, 3.63) is 23.8 Å². The molecular formula is C14H24ClNO2. The summed E-state index contributed by atoms with van der Waals surface area (Å²) in [5, 5.41) is 0. The summed E-state index contributed by atoms with van der Waals surface area (Å²) in [5.74, 6) is -0.159. The highest BCUT2D eigenvalue weighted by atomic mass is 35.5. The molecule has 0 spiro atoms. The van der Waals surface area contributed by atoms with Crippen molar-refractivity contribution in [1.82, 2.24) is 4.90 Å². The van der Waals surface area contributed by atoms with Crippen molar-refractivity contribution in [3.8, 4) is 0 Å². The molecule has 0 amide bonds. The lowest BCUT2D eigenvalue weighted by atomic mass is 10.1. The van der Waals surface area contributed by atoms with E-state index in [2.05, 4.69) is 24.8 Å². The largest absolute Gasteiger partial charge is 0.443 e. The van der Waals surface area contributed by atoms with Crippen molar-refractivity contribution in [2.75, 3.05) is 13.1 Å². The molecule has 104 valence electrons. The van der Waals surface area contributed by atoms with Crippen molar-refractivity contribution >= 4 is 18.4 Å². The van der Waals surface area contributed by atoms with E-state index in [1.165, 1.54) is 0 Å². The van der Waals surface area contributed by atoms with Gasteiger partial charge in [-0.15, -0.1) is 12.4 Å². The third-order valence-corrected chi connectivity index (χ3v) is 3.08. The highest BCUT2D eigenvalue weighted by Gasteiger charge is 2.20. The molecule has 0 aliphatic heterocycles. The summed E-state index contributed by atoms with van der Waals surface area (Å²) in [5.41, 5.74) is 0.790. The highest BCUT2D eigenvalue weighted by molar-refractivity contribution is 5.89. The second-order valence-electron chi connectivity index (χ2n) is 4.13. The molecule has 1 unspecified atom stereocenters. The molecule has 0 aromatic heterocycles. The quantitative estimate of drug-likeness (QED) is 0.422. The van der Waals surface area contributed by atoms with Crippen LogP contribution in [0.2, 0.25) is 0 Å². The van der Waals surface area contributed by atoms with Gasteiger partial charge in [-0.3, -0.25) is 4.90 Å². The van der Waals surface area contributed by atoms with Gasteiger partial charge in [0.25, 0.3) is 0 Å². The molecule has 18 heavy (non-hydrogen) atoms. The topological polar surface area (TPSA) is 29.5 Å². The predicted octanol–water partition coefficient (Wildman–Crippen LogP) is 3.31. The SMILES string of the molecule is CCC(OC(=O)C1=CCC=CC1)N(CC)CC.Cl. The maximum atomic E-state index is 12.0. The zero-order chi connectivity index (χ0) is 12.7. The Balaban J connectivity index is 0.00000289. The molecule has 0 heterocycles. The van der Waals surface area contributed by atoms with Gasteiger partial charge in [-0.2, -0.15) is 0 Å². The Bertz CT molecular complexity index is 309. The van der Waals surface area contributed by atoms with Crippen molar-refractivity contribution < 1.29 is 9.53 Å². The van der Waals surface area contributed by atoms with Crippen LogP contribution < -0.4 is 0 Å². The van der Waals surface area contributed by atoms with E-state index in [0.717, 1.165) is 31.5 Å². The molecule has 0 fully saturated rings. The number of carbonyl (C=O) groups excluding carboxylic acids is 1. The molecule has 1 aliphatic rings. The lowest BCUT2D eigenvalue weighted by Gasteiger charge is -2.28. The Morgan fingerprint density at radius 1 is 1.33 bits per heavy atom. The zero-order valence-electron chi connectivity index (χ0n) is 11.5. The number of nitrogens with zero attached hydrogens (tertiary/aromatic N) is 1. The molecule has 4 heteroatoms. The maximum absolute atomic E-state index is 12.0. The van der Waals surface area contributed by atoms with E-state index in [9.17, 15) is 4.79 Å². The van der Waals surface area contributed by atoms with Crippen LogP contribution in [-0.2, 0) is 9.53 Å². The predicted molar refractivity (Wildman–Crippen MR) is 76.8 cm³/mol. The minimum atomic E-state index is -0.159. The summed E-state index contributed by atoms with van der Waals surface area (Å²) in [6.07, 6.45) is 8.32. The van der Waals surface area contributed by atoms with E-state index >= 15 is 0 Å². The molecule has 0 saturated heterocycles. The van der Waals surface area contributed by atoms with Crippen molar-refractivity contribution in [3.63, 3.8) is 0 Å². The molecule has 0 N–H and O–H groups in total. The Hall–Kier alpha value is -0.800. The second kappa shape index (κ2) is 9.17. The van der Waals surface area contributed by atoms with Crippen LogP contribution in [0.5, 0.6) is 0 Å². The fraction of sp³-hybridized carbons (Fsp3) is 0.643. The third kappa shape index (κ3) is 4.83. The van der Waals surface area contributed by atoms with Gasteiger partial charge in [0, 0.05) is 5.57 Å². The average Bonchev–Trinajstić information content (AvgIpc) is 2.39. The summed E-state index contributed by atoms with van der Waals surface area (Å²) >= 11 is 0. The first-order valence-corrected chi connectivity index (χ1v) is 6.51. The molecule has 0 bridgehead atoms. The van der Waals surface area contributed by atoms with Gasteiger partial charge in [-0.25, -0.2) is 4.79 Å². The smallest absolute Gasteiger partial charge is 0.335 e. The van der Waals surface area contributed by atoms with Gasteiger partial charge < -0.3 is 4.74 Å². The van der Waals surface area contributed by atoms with Gasteiger partial charge >= 0.3 is 5.97 Å². The summed E-state index contributed by atoms with van der Waals surface area (Å²) in [6.45, 7) is 8.03. The molecule has 1 rings (SSSR count). The normalized spacial score (nSPS) is 15.9. The van der Waals surface area contributed by atoms with Gasteiger partial charge in [-0.05, 0) is 32.4 Å². The van der Waals surface area contributed by atoms with Crippen LogP contribution in [0.25, 0.3) is 0 Å². The molecule has 0 saturated carbocycles. The van der Waals surface area contributed by atoms with Crippen LogP contribution in [0.1, 0.15) is 40.0 Å². The van der Waals surface area contributed by atoms with Gasteiger partial charge in [0.15, 0.2) is 6.23 Å². The van der Waals surface area contributed by atoms with Crippen LogP contribution in [0.15, 0.2) is 23.8 Å². The van der Waals surface area contributed by atoms with Crippen LogP contribution in [-0.4, -0.2) is 30.2 Å². The second-order valence-corrected chi connectivity index (χ2v) is 4.13. The fourth-order valence-corrected chi connectivity index (χ4v) is 2.01. The Kier molecular flexibility index (Phi) is 8.77. The molecule has 1 aliphatic carbocycles. The van der Waals surface area contributed by atoms with Gasteiger partial charge in [-0.1, -0.05) is 39.0 Å². The molecule has 1 atom stereocenters. The molecule has 0 aromatic carbocycles. The first kappa shape index (κ1) is 17.2. The number of hydrogen-bond donors (Lipinski definition) is 0. The molecule has 0 aromatic rings. The first-order valence-electron chi connectivity index (χ1n) is 6.51. The van der Waals surface area contributed by atoms with E-state index in [1.807, 2.05) is 19.1 Å². The van der Waals surface area contributed by atoms with E-state index in [0.29, 0.717) is 6.42 Å². The van der Waals surface area contributed by atoms with Crippen molar-refractivity contribution in [2.45, 2.75) is 46.3 Å². The summed E-state index contributed by atoms with van der Waals surface area (Å²) in [4.78, 5) is 14.1. The summed E-state index contributed by atoms with van der Waals surface area (Å²) < 4.78 is 5.57. The zero-order valence-corrected chi connectivity index (χ0v) is 12.3. The highest BCUT2D eigenvalue weighted by Crippen LogP contribution is 2.15. The lowest BCUT2D eigenvalue weighted by molar-refractivity contribution is -0.154. The van der Waals surface area contributed by atoms with Crippen LogP contribution in [0.4, 0.5) is 0 Å². The summed E-state index contributed by atoms with van der Waals surface area (Å²) in [7, 11) is 0. The lowest BCUT2D eigenvalue weighted by Crippen LogP contribution is -2.38. The minimum absolute atomic E-state index is 0. The Morgan fingerprint density at radius 3 is 2.44 bits per heavy atom. The number of esters is 1. The van der Waals surface area contributed by atoms with Gasteiger partial charge in [0.2, 0.25) is 0 Å². The molecule has 0 radical (unpaired) electrons. The standard InChI is InChI=1S/C14H23NO2.ClH/c1-4-13(15(5-2)6-3)17-14(16)12-10-8-7-9-11-12;/h7-8,11,13H,4-6,9-10H2,1-3H3;1H. The maximum Gasteiger partial charge on any atom is 0.335 e. The van der Waals surface area contributed by atoms with E-state index in [4.69, 9.17) is 4.74 Å². The number of allylic oxidation sites excluding steroid dienone is 3. The van der Waals surface area contributed by atoms with Crippen molar-refractivity contribution in [1.29, 1.82) is 0 Å². The Labute approximate surface area is 116 Å². The van der Waals surface area contributed by atoms with Crippen LogP contribution in [0.3, 0.4) is 0 Å². The van der Waals surface area contributed by atoms with Crippen molar-refractivity contribution in [2.24, 2.45) is 0 Å². The molecular weight excluding hydrogens is 250 g/mol. The number of rotatable bonds is 6. The van der Waals surface area contributed by atoms with Gasteiger partial charge in [0.05, 0.1) is 0 Å².